The average molecular weight is 244 g/mol. The third-order valence-electron chi connectivity index (χ3n) is 3.16. The molecule has 0 aliphatic heterocycles. The molecule has 1 rings (SSSR count). The van der Waals surface area contributed by atoms with Gasteiger partial charge in [0.25, 0.3) is 0 Å². The van der Waals surface area contributed by atoms with Gasteiger partial charge in [-0.15, -0.1) is 0 Å². The predicted octanol–water partition coefficient (Wildman–Crippen LogP) is -0.279. The van der Waals surface area contributed by atoms with Crippen LogP contribution in [0.5, 0.6) is 0 Å². The molecule has 6 heteroatoms. The molecule has 0 spiro atoms. The van der Waals surface area contributed by atoms with Crippen LogP contribution in [0.2, 0.25) is 0 Å². The highest BCUT2D eigenvalue weighted by Crippen LogP contribution is 2.48. The van der Waals surface area contributed by atoms with Crippen molar-refractivity contribution in [1.29, 1.82) is 0 Å². The Hall–Kier alpha value is -1.14. The minimum Gasteiger partial charge on any atom is -0.481 e. The van der Waals surface area contributed by atoms with Crippen LogP contribution in [-0.2, 0) is 14.3 Å². The van der Waals surface area contributed by atoms with Gasteiger partial charge in [-0.3, -0.25) is 9.59 Å². The first-order chi connectivity index (χ1) is 7.99. The summed E-state index contributed by atoms with van der Waals surface area (Å²) in [4.78, 5) is 21.9. The summed E-state index contributed by atoms with van der Waals surface area (Å²) < 4.78 is 5.01. The van der Waals surface area contributed by atoms with E-state index in [-0.39, 0.29) is 11.8 Å². The number of ether oxygens (including phenoxy) is 1. The maximum absolute atomic E-state index is 11.5. The van der Waals surface area contributed by atoms with Crippen LogP contribution in [-0.4, -0.2) is 43.3 Å². The molecule has 1 atom stereocenters. The third kappa shape index (κ3) is 4.70. The summed E-state index contributed by atoms with van der Waals surface area (Å²) in [6.07, 6.45) is 2.73. The van der Waals surface area contributed by atoms with Gasteiger partial charge in [0.15, 0.2) is 0 Å². The maximum Gasteiger partial charge on any atom is 0.305 e. The molecule has 1 aliphatic rings. The highest BCUT2D eigenvalue weighted by Gasteiger charge is 2.42. The van der Waals surface area contributed by atoms with E-state index in [0.717, 1.165) is 19.3 Å². The van der Waals surface area contributed by atoms with Crippen LogP contribution < -0.4 is 11.1 Å². The molecule has 0 aromatic rings. The lowest BCUT2D eigenvalue weighted by Gasteiger charge is -2.17. The Labute approximate surface area is 101 Å². The van der Waals surface area contributed by atoms with Gasteiger partial charge in [0.05, 0.1) is 12.5 Å². The highest BCUT2D eigenvalue weighted by molar-refractivity contribution is 5.85. The van der Waals surface area contributed by atoms with E-state index in [9.17, 15) is 9.59 Å². The zero-order valence-corrected chi connectivity index (χ0v) is 10.1. The van der Waals surface area contributed by atoms with Gasteiger partial charge >= 0.3 is 5.97 Å². The number of carboxylic acids is 1. The van der Waals surface area contributed by atoms with Gasteiger partial charge < -0.3 is 20.9 Å². The van der Waals surface area contributed by atoms with Crippen molar-refractivity contribution in [3.8, 4) is 0 Å². The number of carbonyl (C=O) groups is 2. The van der Waals surface area contributed by atoms with Crippen LogP contribution >= 0.6 is 0 Å². The number of aliphatic carboxylic acids is 1. The van der Waals surface area contributed by atoms with E-state index in [1.165, 1.54) is 0 Å². The fourth-order valence-corrected chi connectivity index (χ4v) is 1.70. The summed E-state index contributed by atoms with van der Waals surface area (Å²) in [6, 6.07) is -0.967. The molecule has 6 nitrogen and oxygen atoms in total. The van der Waals surface area contributed by atoms with Gasteiger partial charge in [0, 0.05) is 20.3 Å². The second kappa shape index (κ2) is 5.97. The Balaban J connectivity index is 2.25. The van der Waals surface area contributed by atoms with Crippen molar-refractivity contribution >= 4 is 11.9 Å². The fourth-order valence-electron chi connectivity index (χ4n) is 1.70. The fraction of sp³-hybridized carbons (Fsp3) is 0.818. The van der Waals surface area contributed by atoms with Crippen molar-refractivity contribution < 1.29 is 19.4 Å². The molecule has 0 saturated heterocycles. The molecule has 0 radical (unpaired) electrons. The van der Waals surface area contributed by atoms with Crippen molar-refractivity contribution in [2.24, 2.45) is 11.1 Å². The van der Waals surface area contributed by atoms with Gasteiger partial charge in [-0.1, -0.05) is 0 Å². The monoisotopic (exact) mass is 244 g/mol. The lowest BCUT2D eigenvalue weighted by Crippen LogP contribution is -2.44. The number of hydrogen-bond acceptors (Lipinski definition) is 4. The first-order valence-electron chi connectivity index (χ1n) is 5.73. The molecule has 1 unspecified atom stereocenters. The molecule has 1 fully saturated rings. The zero-order valence-electron chi connectivity index (χ0n) is 10.1. The molecule has 1 amide bonds. The molecule has 0 bridgehead atoms. The summed E-state index contributed by atoms with van der Waals surface area (Å²) in [7, 11) is 1.65. The Morgan fingerprint density at radius 1 is 1.53 bits per heavy atom. The summed E-state index contributed by atoms with van der Waals surface area (Å²) in [6.45, 7) is 1.24. The normalized spacial score (nSPS) is 18.5. The summed E-state index contributed by atoms with van der Waals surface area (Å²) in [5.41, 5.74) is 5.60. The number of carbonyl (C=O) groups excluding carboxylic acids is 1. The Bertz CT molecular complexity index is 289. The van der Waals surface area contributed by atoms with Gasteiger partial charge in [-0.05, 0) is 24.7 Å². The van der Waals surface area contributed by atoms with Crippen molar-refractivity contribution in [3.05, 3.63) is 0 Å². The molecule has 0 heterocycles. The van der Waals surface area contributed by atoms with E-state index >= 15 is 0 Å². The first-order valence-corrected chi connectivity index (χ1v) is 5.73. The number of rotatable bonds is 8. The lowest BCUT2D eigenvalue weighted by atomic mass is 10.0. The second-order valence-electron chi connectivity index (χ2n) is 4.66. The molecule has 0 aromatic heterocycles. The molecule has 1 aliphatic carbocycles. The number of nitrogens with one attached hydrogen (secondary N) is 1. The van der Waals surface area contributed by atoms with E-state index in [2.05, 4.69) is 5.32 Å². The van der Waals surface area contributed by atoms with Crippen LogP contribution in [0.25, 0.3) is 0 Å². The van der Waals surface area contributed by atoms with Crippen molar-refractivity contribution in [2.75, 3.05) is 20.3 Å². The minimum absolute atomic E-state index is 0.147. The van der Waals surface area contributed by atoms with Gasteiger partial charge in [0.2, 0.25) is 5.91 Å². The summed E-state index contributed by atoms with van der Waals surface area (Å²) in [5, 5.41) is 11.2. The van der Waals surface area contributed by atoms with Crippen LogP contribution in [0, 0.1) is 5.41 Å². The first kappa shape index (κ1) is 13.9. The number of carboxylic acid groups (broad SMARTS) is 1. The van der Waals surface area contributed by atoms with E-state index in [1.807, 2.05) is 0 Å². The SMILES string of the molecule is COCCC1(CNC(=O)C(N)CC(=O)O)CC1. The standard InChI is InChI=1S/C11H20N2O4/c1-17-5-4-11(2-3-11)7-13-10(16)8(12)6-9(14)15/h8H,2-7,12H2,1H3,(H,13,16)(H,14,15). The topological polar surface area (TPSA) is 102 Å². The lowest BCUT2D eigenvalue weighted by molar-refractivity contribution is -0.139. The maximum atomic E-state index is 11.5. The predicted molar refractivity (Wildman–Crippen MR) is 61.4 cm³/mol. The van der Waals surface area contributed by atoms with Crippen molar-refractivity contribution in [2.45, 2.75) is 31.7 Å². The highest BCUT2D eigenvalue weighted by atomic mass is 16.5. The molecule has 17 heavy (non-hydrogen) atoms. The molecule has 0 aromatic carbocycles. The molecule has 1 saturated carbocycles. The smallest absolute Gasteiger partial charge is 0.305 e. The number of hydrogen-bond donors (Lipinski definition) is 3. The van der Waals surface area contributed by atoms with E-state index in [4.69, 9.17) is 15.6 Å². The largest absolute Gasteiger partial charge is 0.481 e. The summed E-state index contributed by atoms with van der Waals surface area (Å²) >= 11 is 0. The number of nitrogens with two attached hydrogens (primary N) is 1. The van der Waals surface area contributed by atoms with Crippen LogP contribution in [0.3, 0.4) is 0 Å². The molecular weight excluding hydrogens is 224 g/mol. The Morgan fingerprint density at radius 3 is 2.65 bits per heavy atom. The molecular formula is C11H20N2O4. The van der Waals surface area contributed by atoms with E-state index in [0.29, 0.717) is 13.2 Å². The number of amides is 1. The zero-order chi connectivity index (χ0) is 12.9. The Kier molecular flexibility index (Phi) is 4.89. The Morgan fingerprint density at radius 2 is 2.18 bits per heavy atom. The van der Waals surface area contributed by atoms with Crippen LogP contribution in [0.4, 0.5) is 0 Å². The van der Waals surface area contributed by atoms with Crippen molar-refractivity contribution in [3.63, 3.8) is 0 Å². The summed E-state index contributed by atoms with van der Waals surface area (Å²) in [5.74, 6) is -1.45. The van der Waals surface area contributed by atoms with E-state index in [1.54, 1.807) is 7.11 Å². The second-order valence-corrected chi connectivity index (χ2v) is 4.66. The van der Waals surface area contributed by atoms with Gasteiger partial charge in [0.1, 0.15) is 0 Å². The van der Waals surface area contributed by atoms with Gasteiger partial charge in [-0.2, -0.15) is 0 Å². The molecule has 98 valence electrons. The van der Waals surface area contributed by atoms with E-state index < -0.39 is 17.9 Å². The van der Waals surface area contributed by atoms with Crippen LogP contribution in [0.15, 0.2) is 0 Å². The quantitative estimate of drug-likeness (QED) is 0.545. The molecule has 4 N–H and O–H groups in total. The minimum atomic E-state index is -1.06. The third-order valence-corrected chi connectivity index (χ3v) is 3.16. The average Bonchev–Trinajstić information content (AvgIpc) is 3.03. The van der Waals surface area contributed by atoms with Gasteiger partial charge in [-0.25, -0.2) is 0 Å². The van der Waals surface area contributed by atoms with Crippen LogP contribution in [0.1, 0.15) is 25.7 Å². The van der Waals surface area contributed by atoms with Crippen molar-refractivity contribution in [1.82, 2.24) is 5.32 Å². The number of methoxy groups -OCH3 is 1.